The lowest BCUT2D eigenvalue weighted by Gasteiger charge is -2.11. The van der Waals surface area contributed by atoms with E-state index in [2.05, 4.69) is 0 Å². The van der Waals surface area contributed by atoms with Gasteiger partial charge in [-0.2, -0.15) is 5.26 Å². The van der Waals surface area contributed by atoms with Gasteiger partial charge in [0, 0.05) is 5.56 Å². The maximum Gasteiger partial charge on any atom is 0.339 e. The van der Waals surface area contributed by atoms with Crippen molar-refractivity contribution in [2.45, 2.75) is 26.7 Å². The van der Waals surface area contributed by atoms with Gasteiger partial charge < -0.3 is 4.74 Å². The van der Waals surface area contributed by atoms with Crippen LogP contribution in [0.15, 0.2) is 12.1 Å². The molecule has 1 rings (SSSR count). The number of aryl methyl sites for hydroxylation is 1. The maximum absolute atomic E-state index is 12.8. The number of ether oxygens (including phenoxy) is 1. The molecule has 0 saturated heterocycles. The van der Waals surface area contributed by atoms with Gasteiger partial charge in [-0.1, -0.05) is 6.92 Å². The highest BCUT2D eigenvalue weighted by atomic mass is 19.3. The van der Waals surface area contributed by atoms with Gasteiger partial charge in [-0.05, 0) is 31.0 Å². The van der Waals surface area contributed by atoms with Crippen LogP contribution in [0.3, 0.4) is 0 Å². The number of nitrogens with zero attached hydrogens (tertiary/aromatic N) is 1. The molecule has 0 aliphatic heterocycles. The normalized spacial score (nSPS) is 10.2. The molecule has 0 radical (unpaired) electrons. The van der Waals surface area contributed by atoms with Gasteiger partial charge in [0.05, 0.1) is 17.7 Å². The van der Waals surface area contributed by atoms with Crippen molar-refractivity contribution in [3.63, 3.8) is 0 Å². The number of nitriles is 1. The van der Waals surface area contributed by atoms with Crippen LogP contribution in [0.25, 0.3) is 0 Å². The summed E-state index contributed by atoms with van der Waals surface area (Å²) in [5.74, 6) is -0.662. The minimum absolute atomic E-state index is 0.0422. The highest BCUT2D eigenvalue weighted by molar-refractivity contribution is 5.92. The van der Waals surface area contributed by atoms with Crippen molar-refractivity contribution < 1.29 is 18.3 Å². The van der Waals surface area contributed by atoms with Crippen LogP contribution >= 0.6 is 0 Å². The van der Waals surface area contributed by atoms with Crippen LogP contribution in [0.4, 0.5) is 8.78 Å². The lowest BCUT2D eigenvalue weighted by atomic mass is 9.97. The average Bonchev–Trinajstić information content (AvgIpc) is 2.37. The first-order valence-corrected chi connectivity index (χ1v) is 5.57. The van der Waals surface area contributed by atoms with Gasteiger partial charge in [-0.25, -0.2) is 13.6 Å². The van der Waals surface area contributed by atoms with E-state index in [1.165, 1.54) is 6.07 Å². The number of esters is 1. The SMILES string of the molecule is CCOC(=O)c1cc(CC)c(C(F)F)cc1C#N. The van der Waals surface area contributed by atoms with Crippen molar-refractivity contribution >= 4 is 5.97 Å². The van der Waals surface area contributed by atoms with E-state index < -0.39 is 12.4 Å². The summed E-state index contributed by atoms with van der Waals surface area (Å²) in [7, 11) is 0. The third kappa shape index (κ3) is 2.83. The van der Waals surface area contributed by atoms with Crippen molar-refractivity contribution in [1.29, 1.82) is 5.26 Å². The number of rotatable bonds is 4. The van der Waals surface area contributed by atoms with Crippen molar-refractivity contribution in [3.05, 3.63) is 34.4 Å². The summed E-state index contributed by atoms with van der Waals surface area (Å²) >= 11 is 0. The fourth-order valence-electron chi connectivity index (χ4n) is 1.64. The molecule has 0 aliphatic carbocycles. The summed E-state index contributed by atoms with van der Waals surface area (Å²) in [6.07, 6.45) is -2.30. The molecule has 0 atom stereocenters. The Labute approximate surface area is 104 Å². The zero-order chi connectivity index (χ0) is 13.7. The predicted octanol–water partition coefficient (Wildman–Crippen LogP) is 3.23. The molecule has 0 aromatic heterocycles. The molecule has 1 aromatic rings. The zero-order valence-electron chi connectivity index (χ0n) is 10.2. The number of halogens is 2. The highest BCUT2D eigenvalue weighted by Gasteiger charge is 2.19. The van der Waals surface area contributed by atoms with E-state index in [1.807, 2.05) is 0 Å². The Kier molecular flexibility index (Phi) is 4.78. The van der Waals surface area contributed by atoms with Crippen LogP contribution in [0.2, 0.25) is 0 Å². The lowest BCUT2D eigenvalue weighted by Crippen LogP contribution is -2.09. The number of alkyl halides is 2. The summed E-state index contributed by atoms with van der Waals surface area (Å²) in [5, 5.41) is 8.90. The highest BCUT2D eigenvalue weighted by Crippen LogP contribution is 2.27. The first-order chi connectivity index (χ1) is 8.54. The molecule has 3 nitrogen and oxygen atoms in total. The summed E-state index contributed by atoms with van der Waals surface area (Å²) in [6, 6.07) is 4.13. The third-order valence-corrected chi connectivity index (χ3v) is 2.51. The topological polar surface area (TPSA) is 50.1 Å². The summed E-state index contributed by atoms with van der Waals surface area (Å²) in [4.78, 5) is 11.6. The molecule has 0 bridgehead atoms. The van der Waals surface area contributed by atoms with Crippen LogP contribution in [-0.4, -0.2) is 12.6 Å². The summed E-state index contributed by atoms with van der Waals surface area (Å²) < 4.78 is 30.4. The number of hydrogen-bond donors (Lipinski definition) is 0. The molecule has 96 valence electrons. The fraction of sp³-hybridized carbons (Fsp3) is 0.385. The molecule has 0 amide bonds. The second-order valence-electron chi connectivity index (χ2n) is 3.58. The van der Waals surface area contributed by atoms with Gasteiger partial charge in [0.2, 0.25) is 0 Å². The van der Waals surface area contributed by atoms with E-state index in [-0.39, 0.29) is 23.3 Å². The smallest absolute Gasteiger partial charge is 0.339 e. The molecule has 0 aliphatic rings. The largest absolute Gasteiger partial charge is 0.462 e. The predicted molar refractivity (Wildman–Crippen MR) is 61.4 cm³/mol. The third-order valence-electron chi connectivity index (χ3n) is 2.51. The Hall–Kier alpha value is -1.96. The van der Waals surface area contributed by atoms with Crippen molar-refractivity contribution in [3.8, 4) is 6.07 Å². The van der Waals surface area contributed by atoms with Crippen molar-refractivity contribution in [2.75, 3.05) is 6.61 Å². The van der Waals surface area contributed by atoms with E-state index >= 15 is 0 Å². The van der Waals surface area contributed by atoms with Gasteiger partial charge in [0.1, 0.15) is 6.07 Å². The summed E-state index contributed by atoms with van der Waals surface area (Å²) in [5.41, 5.74) is 0.107. The van der Waals surface area contributed by atoms with Crippen LogP contribution in [0.1, 0.15) is 47.3 Å². The van der Waals surface area contributed by atoms with Crippen molar-refractivity contribution in [2.24, 2.45) is 0 Å². The molecule has 0 fully saturated rings. The number of carbonyl (C=O) groups excluding carboxylic acids is 1. The Morgan fingerprint density at radius 3 is 2.56 bits per heavy atom. The summed E-state index contributed by atoms with van der Waals surface area (Å²) in [6.45, 7) is 3.52. The second kappa shape index (κ2) is 6.10. The molecule has 0 unspecified atom stereocenters. The number of carbonyl (C=O) groups is 1. The Bertz CT molecular complexity index is 492. The van der Waals surface area contributed by atoms with E-state index in [0.717, 1.165) is 6.07 Å². The molecule has 0 N–H and O–H groups in total. The molecule has 0 heterocycles. The fourth-order valence-corrected chi connectivity index (χ4v) is 1.64. The van der Waals surface area contributed by atoms with E-state index in [4.69, 9.17) is 10.00 Å². The lowest BCUT2D eigenvalue weighted by molar-refractivity contribution is 0.0525. The first-order valence-electron chi connectivity index (χ1n) is 5.57. The van der Waals surface area contributed by atoms with Crippen LogP contribution in [-0.2, 0) is 11.2 Å². The van der Waals surface area contributed by atoms with Gasteiger partial charge >= 0.3 is 5.97 Å². The molecule has 18 heavy (non-hydrogen) atoms. The van der Waals surface area contributed by atoms with Gasteiger partial charge in [0.25, 0.3) is 6.43 Å². The maximum atomic E-state index is 12.8. The Morgan fingerprint density at radius 2 is 2.11 bits per heavy atom. The zero-order valence-corrected chi connectivity index (χ0v) is 10.2. The van der Waals surface area contributed by atoms with Gasteiger partial charge in [-0.3, -0.25) is 0 Å². The van der Waals surface area contributed by atoms with Crippen LogP contribution < -0.4 is 0 Å². The number of benzene rings is 1. The van der Waals surface area contributed by atoms with Gasteiger partial charge in [0.15, 0.2) is 0 Å². The van der Waals surface area contributed by atoms with Gasteiger partial charge in [-0.15, -0.1) is 0 Å². The Balaban J connectivity index is 3.36. The van der Waals surface area contributed by atoms with E-state index in [1.54, 1.807) is 19.9 Å². The molecule has 0 saturated carbocycles. The Morgan fingerprint density at radius 1 is 1.44 bits per heavy atom. The first kappa shape index (κ1) is 14.1. The second-order valence-corrected chi connectivity index (χ2v) is 3.58. The standard InChI is InChI=1S/C13H13F2NO2/c1-3-8-5-11(13(17)18-4-2)9(7-16)6-10(8)12(14)15/h5-6,12H,3-4H2,1-2H3. The quantitative estimate of drug-likeness (QED) is 0.774. The molecular formula is C13H13F2NO2. The monoisotopic (exact) mass is 253 g/mol. The minimum Gasteiger partial charge on any atom is -0.462 e. The average molecular weight is 253 g/mol. The van der Waals surface area contributed by atoms with Crippen LogP contribution in [0, 0.1) is 11.3 Å². The molecule has 0 spiro atoms. The molecule has 5 heteroatoms. The molecular weight excluding hydrogens is 240 g/mol. The minimum atomic E-state index is -2.66. The van der Waals surface area contributed by atoms with E-state index in [0.29, 0.717) is 12.0 Å². The number of hydrogen-bond acceptors (Lipinski definition) is 3. The van der Waals surface area contributed by atoms with Crippen LogP contribution in [0.5, 0.6) is 0 Å². The van der Waals surface area contributed by atoms with E-state index in [9.17, 15) is 13.6 Å². The van der Waals surface area contributed by atoms with Crippen molar-refractivity contribution in [1.82, 2.24) is 0 Å². The molecule has 1 aromatic carbocycles.